The maximum Gasteiger partial charge on any atom is 0.416 e. The maximum absolute atomic E-state index is 13.0. The number of sulfonamides is 1. The molecule has 1 aliphatic rings. The van der Waals surface area contributed by atoms with E-state index < -0.39 is 27.8 Å². The van der Waals surface area contributed by atoms with Crippen molar-refractivity contribution in [3.05, 3.63) is 41.8 Å². The third-order valence-corrected chi connectivity index (χ3v) is 6.89. The summed E-state index contributed by atoms with van der Waals surface area (Å²) in [5.74, 6) is 0. The average Bonchev–Trinajstić information content (AvgIpc) is 2.76. The number of hydrogen-bond donors (Lipinski definition) is 2. The van der Waals surface area contributed by atoms with Gasteiger partial charge in [-0.2, -0.15) is 13.2 Å². The highest BCUT2D eigenvalue weighted by molar-refractivity contribution is 7.92. The fraction of sp³-hybridized carbons (Fsp3) is 0.591. The van der Waals surface area contributed by atoms with Crippen LogP contribution in [0.15, 0.2) is 36.3 Å². The number of piperidine rings is 1. The Morgan fingerprint density at radius 1 is 1.33 bits per heavy atom. The van der Waals surface area contributed by atoms with Crippen molar-refractivity contribution >= 4 is 21.7 Å². The normalized spacial score (nSPS) is 16.9. The van der Waals surface area contributed by atoms with Crippen LogP contribution in [0.5, 0.6) is 0 Å². The minimum absolute atomic E-state index is 0.0282. The number of likely N-dealkylation sites (tertiary alicyclic amines) is 1. The van der Waals surface area contributed by atoms with Gasteiger partial charge in [-0.25, -0.2) is 17.9 Å². The molecule has 186 valence electrons. The number of halogens is 3. The highest BCUT2D eigenvalue weighted by Crippen LogP contribution is 2.31. The molecule has 1 aromatic rings. The molecule has 0 bridgehead atoms. The first-order valence-corrected chi connectivity index (χ1v) is 12.6. The van der Waals surface area contributed by atoms with Gasteiger partial charge in [0.25, 0.3) is 0 Å². The number of anilines is 1. The minimum atomic E-state index is -4.52. The van der Waals surface area contributed by atoms with Crippen molar-refractivity contribution in [2.45, 2.75) is 57.8 Å². The van der Waals surface area contributed by atoms with Crippen LogP contribution >= 0.6 is 0 Å². The van der Waals surface area contributed by atoms with E-state index in [0.29, 0.717) is 18.9 Å². The number of rotatable bonds is 10. The predicted molar refractivity (Wildman–Crippen MR) is 123 cm³/mol. The SMILES string of the molecule is C=CS(=O)(=O)NCCN(C(=O)Nc1cccc(C(F)(F)F)c1)C1CCN(C(C)CCC)CC1. The second kappa shape index (κ2) is 11.8. The Balaban J connectivity index is 2.12. The lowest BCUT2D eigenvalue weighted by Crippen LogP contribution is -2.52. The lowest BCUT2D eigenvalue weighted by molar-refractivity contribution is -0.137. The quantitative estimate of drug-likeness (QED) is 0.514. The van der Waals surface area contributed by atoms with Gasteiger partial charge in [0.15, 0.2) is 0 Å². The number of amides is 2. The zero-order chi connectivity index (χ0) is 24.6. The maximum atomic E-state index is 13.0. The van der Waals surface area contributed by atoms with Crippen LogP contribution in [0.1, 0.15) is 45.1 Å². The number of hydrogen-bond acceptors (Lipinski definition) is 4. The summed E-state index contributed by atoms with van der Waals surface area (Å²) in [6.45, 7) is 9.17. The average molecular weight is 491 g/mol. The third-order valence-electron chi connectivity index (χ3n) is 5.85. The van der Waals surface area contributed by atoms with Crippen molar-refractivity contribution in [3.63, 3.8) is 0 Å². The lowest BCUT2D eigenvalue weighted by atomic mass is 10.0. The zero-order valence-electron chi connectivity index (χ0n) is 19.1. The highest BCUT2D eigenvalue weighted by atomic mass is 32.2. The van der Waals surface area contributed by atoms with Crippen LogP contribution in [0.2, 0.25) is 0 Å². The number of alkyl halides is 3. The number of nitrogens with zero attached hydrogens (tertiary/aromatic N) is 2. The van der Waals surface area contributed by atoms with E-state index in [0.717, 1.165) is 43.5 Å². The first-order valence-electron chi connectivity index (χ1n) is 11.1. The summed E-state index contributed by atoms with van der Waals surface area (Å²) in [5, 5.41) is 3.33. The van der Waals surface area contributed by atoms with E-state index in [1.165, 1.54) is 17.0 Å². The molecule has 0 aromatic heterocycles. The highest BCUT2D eigenvalue weighted by Gasteiger charge is 2.32. The van der Waals surface area contributed by atoms with Crippen molar-refractivity contribution in [1.29, 1.82) is 0 Å². The van der Waals surface area contributed by atoms with E-state index >= 15 is 0 Å². The molecule has 2 amide bonds. The van der Waals surface area contributed by atoms with E-state index in [1.807, 2.05) is 0 Å². The summed E-state index contributed by atoms with van der Waals surface area (Å²) < 4.78 is 64.7. The number of nitrogens with one attached hydrogen (secondary N) is 2. The molecule has 1 unspecified atom stereocenters. The fourth-order valence-corrected chi connectivity index (χ4v) is 4.52. The Hall–Kier alpha value is -2.11. The molecular weight excluding hydrogens is 457 g/mol. The van der Waals surface area contributed by atoms with E-state index in [1.54, 1.807) is 0 Å². The zero-order valence-corrected chi connectivity index (χ0v) is 19.9. The van der Waals surface area contributed by atoms with Gasteiger partial charge < -0.3 is 15.1 Å². The van der Waals surface area contributed by atoms with Crippen LogP contribution < -0.4 is 10.0 Å². The molecule has 33 heavy (non-hydrogen) atoms. The Bertz CT molecular complexity index is 900. The first-order chi connectivity index (χ1) is 15.5. The lowest BCUT2D eigenvalue weighted by Gasteiger charge is -2.40. The number of benzene rings is 1. The van der Waals surface area contributed by atoms with Crippen molar-refractivity contribution < 1.29 is 26.4 Å². The Morgan fingerprint density at radius 2 is 2.00 bits per heavy atom. The van der Waals surface area contributed by atoms with Crippen LogP contribution in [0.25, 0.3) is 0 Å². The predicted octanol–water partition coefficient (Wildman–Crippen LogP) is 4.26. The summed E-state index contributed by atoms with van der Waals surface area (Å²) in [4.78, 5) is 16.9. The van der Waals surface area contributed by atoms with E-state index in [4.69, 9.17) is 0 Å². The van der Waals surface area contributed by atoms with E-state index in [-0.39, 0.29) is 24.8 Å². The summed E-state index contributed by atoms with van der Waals surface area (Å²) in [5.41, 5.74) is -0.829. The van der Waals surface area contributed by atoms with Gasteiger partial charge in [0.2, 0.25) is 10.0 Å². The second-order valence-electron chi connectivity index (χ2n) is 8.21. The topological polar surface area (TPSA) is 81.8 Å². The number of carbonyl (C=O) groups is 1. The molecule has 0 aliphatic carbocycles. The van der Waals surface area contributed by atoms with Crippen LogP contribution in [-0.4, -0.2) is 62.5 Å². The molecule has 1 fully saturated rings. The summed E-state index contributed by atoms with van der Waals surface area (Å²) in [7, 11) is -3.66. The summed E-state index contributed by atoms with van der Waals surface area (Å²) >= 11 is 0. The smallest absolute Gasteiger partial charge is 0.320 e. The van der Waals surface area contributed by atoms with Gasteiger partial charge in [0.1, 0.15) is 0 Å². The Labute approximate surface area is 194 Å². The molecule has 1 aromatic carbocycles. The van der Waals surface area contributed by atoms with Crippen LogP contribution in [0, 0.1) is 0 Å². The second-order valence-corrected chi connectivity index (χ2v) is 9.92. The van der Waals surface area contributed by atoms with Crippen LogP contribution in [0.3, 0.4) is 0 Å². The van der Waals surface area contributed by atoms with Crippen molar-refractivity contribution in [1.82, 2.24) is 14.5 Å². The Kier molecular flexibility index (Phi) is 9.74. The Morgan fingerprint density at radius 3 is 2.58 bits per heavy atom. The largest absolute Gasteiger partial charge is 0.416 e. The van der Waals surface area contributed by atoms with Gasteiger partial charge in [-0.05, 0) is 44.4 Å². The van der Waals surface area contributed by atoms with Crippen molar-refractivity contribution in [3.8, 4) is 0 Å². The molecule has 1 atom stereocenters. The molecule has 0 saturated carbocycles. The molecule has 2 rings (SSSR count). The third kappa shape index (κ3) is 8.31. The van der Waals surface area contributed by atoms with Crippen molar-refractivity contribution in [2.24, 2.45) is 0 Å². The molecule has 11 heteroatoms. The van der Waals surface area contributed by atoms with Gasteiger partial charge >= 0.3 is 12.2 Å². The van der Waals surface area contributed by atoms with Gasteiger partial charge in [0.05, 0.1) is 5.56 Å². The molecule has 0 spiro atoms. The minimum Gasteiger partial charge on any atom is -0.320 e. The van der Waals surface area contributed by atoms with Gasteiger partial charge in [-0.3, -0.25) is 0 Å². The van der Waals surface area contributed by atoms with Crippen LogP contribution in [0.4, 0.5) is 23.7 Å². The molecule has 2 N–H and O–H groups in total. The monoisotopic (exact) mass is 490 g/mol. The molecule has 1 aliphatic heterocycles. The number of carbonyl (C=O) groups excluding carboxylic acids is 1. The van der Waals surface area contributed by atoms with E-state index in [2.05, 4.69) is 35.4 Å². The summed E-state index contributed by atoms with van der Waals surface area (Å²) in [6, 6.07) is 4.15. The molecule has 1 saturated heterocycles. The number of urea groups is 1. The summed E-state index contributed by atoms with van der Waals surface area (Å²) in [6.07, 6.45) is -0.980. The van der Waals surface area contributed by atoms with Gasteiger partial charge in [0, 0.05) is 49.4 Å². The van der Waals surface area contributed by atoms with Crippen molar-refractivity contribution in [2.75, 3.05) is 31.5 Å². The standard InChI is InChI=1S/C22H33F3N4O3S/c1-4-7-17(3)28-13-10-20(11-14-28)29(15-12-26-33(31,32)5-2)21(30)27-19-9-6-8-18(16-19)22(23,24)25/h5-6,8-9,16-17,20,26H,2,4,7,10-15H2,1,3H3,(H,27,30). The molecule has 7 nitrogen and oxygen atoms in total. The van der Waals surface area contributed by atoms with E-state index in [9.17, 15) is 26.4 Å². The fourth-order valence-electron chi connectivity index (χ4n) is 4.02. The molecule has 1 heterocycles. The molecule has 0 radical (unpaired) electrons. The first kappa shape index (κ1) is 27.1. The molecular formula is C22H33F3N4O3S. The van der Waals surface area contributed by atoms with Gasteiger partial charge in [-0.15, -0.1) is 0 Å². The van der Waals surface area contributed by atoms with Gasteiger partial charge in [-0.1, -0.05) is 26.0 Å². The van der Waals surface area contributed by atoms with Crippen LogP contribution in [-0.2, 0) is 16.2 Å².